The van der Waals surface area contributed by atoms with Crippen molar-refractivity contribution in [3.63, 3.8) is 0 Å². The first kappa shape index (κ1) is 7.22. The van der Waals surface area contributed by atoms with Crippen LogP contribution in [0, 0.1) is 0 Å². The van der Waals surface area contributed by atoms with E-state index in [4.69, 9.17) is 0 Å². The summed E-state index contributed by atoms with van der Waals surface area (Å²) in [4.78, 5) is 2.21. The van der Waals surface area contributed by atoms with E-state index in [2.05, 4.69) is 41.5 Å². The molecule has 2 heteroatoms. The molecule has 0 saturated heterocycles. The van der Waals surface area contributed by atoms with Crippen molar-refractivity contribution in [1.82, 2.24) is 0 Å². The molecule has 1 heterocycles. The summed E-state index contributed by atoms with van der Waals surface area (Å²) in [7, 11) is 2.09. The van der Waals surface area contributed by atoms with E-state index in [1.165, 1.54) is 11.4 Å². The number of hydrogen-bond acceptors (Lipinski definition) is 2. The number of nitrogens with one attached hydrogen (secondary N) is 1. The molecule has 1 aliphatic rings. The third kappa shape index (κ3) is 1.16. The van der Waals surface area contributed by atoms with Gasteiger partial charge in [0.2, 0.25) is 0 Å². The van der Waals surface area contributed by atoms with Crippen molar-refractivity contribution in [1.29, 1.82) is 0 Å². The Balaban J connectivity index is 2.45. The van der Waals surface area contributed by atoms with Crippen LogP contribution in [0.4, 0.5) is 11.4 Å². The van der Waals surface area contributed by atoms with Crippen molar-refractivity contribution in [2.24, 2.45) is 0 Å². The van der Waals surface area contributed by atoms with Crippen LogP contribution in [0.1, 0.15) is 0 Å². The molecule has 2 nitrogen and oxygen atoms in total. The molecular formula is C10H12N2. The first-order chi connectivity index (χ1) is 5.88. The molecule has 2 rings (SSSR count). The number of fused-ring (bicyclic) bond motifs is 1. The minimum atomic E-state index is 0.962. The van der Waals surface area contributed by atoms with E-state index in [-0.39, 0.29) is 0 Å². The highest BCUT2D eigenvalue weighted by Gasteiger charge is 2.05. The maximum Gasteiger partial charge on any atom is 0.0617 e. The van der Waals surface area contributed by atoms with Gasteiger partial charge in [-0.15, -0.1) is 0 Å². The van der Waals surface area contributed by atoms with Crippen LogP contribution in [-0.4, -0.2) is 13.6 Å². The third-order valence-corrected chi connectivity index (χ3v) is 2.05. The fourth-order valence-electron chi connectivity index (χ4n) is 1.39. The van der Waals surface area contributed by atoms with Crippen molar-refractivity contribution in [3.05, 3.63) is 36.5 Å². The zero-order chi connectivity index (χ0) is 8.39. The van der Waals surface area contributed by atoms with Gasteiger partial charge in [-0.1, -0.05) is 12.1 Å². The van der Waals surface area contributed by atoms with E-state index in [1.807, 2.05) is 12.3 Å². The van der Waals surface area contributed by atoms with Gasteiger partial charge in [0.25, 0.3) is 0 Å². The lowest BCUT2D eigenvalue weighted by atomic mass is 10.2. The van der Waals surface area contributed by atoms with E-state index in [0.29, 0.717) is 0 Å². The Bertz CT molecular complexity index is 304. The fourth-order valence-corrected chi connectivity index (χ4v) is 1.39. The summed E-state index contributed by atoms with van der Waals surface area (Å²) >= 11 is 0. The third-order valence-electron chi connectivity index (χ3n) is 2.05. The van der Waals surface area contributed by atoms with Crippen LogP contribution in [-0.2, 0) is 0 Å². The molecule has 1 N–H and O–H groups in total. The molecule has 0 atom stereocenters. The van der Waals surface area contributed by atoms with E-state index >= 15 is 0 Å². The minimum absolute atomic E-state index is 0.962. The highest BCUT2D eigenvalue weighted by molar-refractivity contribution is 5.71. The van der Waals surface area contributed by atoms with Gasteiger partial charge in [0, 0.05) is 13.6 Å². The standard InChI is InChI=1S/C10H12N2/c1-12-8-4-7-11-9-5-2-3-6-10(9)12/h2-7,11H,8H2,1H3. The fraction of sp³-hybridized carbons (Fsp3) is 0.200. The number of benzene rings is 1. The maximum atomic E-state index is 3.23. The Kier molecular flexibility index (Phi) is 1.74. The number of rotatable bonds is 0. The largest absolute Gasteiger partial charge is 0.369 e. The van der Waals surface area contributed by atoms with E-state index in [0.717, 1.165) is 6.54 Å². The van der Waals surface area contributed by atoms with Gasteiger partial charge in [-0.3, -0.25) is 0 Å². The maximum absolute atomic E-state index is 3.23. The molecule has 1 aromatic rings. The molecule has 12 heavy (non-hydrogen) atoms. The van der Waals surface area contributed by atoms with Gasteiger partial charge in [0.05, 0.1) is 11.4 Å². The van der Waals surface area contributed by atoms with Crippen molar-refractivity contribution >= 4 is 11.4 Å². The summed E-state index contributed by atoms with van der Waals surface area (Å²) in [6, 6.07) is 8.30. The Morgan fingerprint density at radius 3 is 3.08 bits per heavy atom. The lowest BCUT2D eigenvalue weighted by Gasteiger charge is -2.17. The first-order valence-electron chi connectivity index (χ1n) is 4.09. The van der Waals surface area contributed by atoms with Crippen LogP contribution in [0.3, 0.4) is 0 Å². The summed E-state index contributed by atoms with van der Waals surface area (Å²) in [6.07, 6.45) is 4.10. The van der Waals surface area contributed by atoms with Gasteiger partial charge in [-0.2, -0.15) is 0 Å². The molecular weight excluding hydrogens is 148 g/mol. The highest BCUT2D eigenvalue weighted by atomic mass is 15.1. The summed E-state index contributed by atoms with van der Waals surface area (Å²) in [6.45, 7) is 0.962. The lowest BCUT2D eigenvalue weighted by Crippen LogP contribution is -2.15. The van der Waals surface area contributed by atoms with Gasteiger partial charge in [-0.05, 0) is 24.4 Å². The van der Waals surface area contributed by atoms with Crippen molar-refractivity contribution < 1.29 is 0 Å². The lowest BCUT2D eigenvalue weighted by molar-refractivity contribution is 1.04. The van der Waals surface area contributed by atoms with Gasteiger partial charge in [-0.25, -0.2) is 0 Å². The van der Waals surface area contributed by atoms with Crippen LogP contribution >= 0.6 is 0 Å². The van der Waals surface area contributed by atoms with Crippen LogP contribution in [0.25, 0.3) is 0 Å². The second kappa shape index (κ2) is 2.89. The van der Waals surface area contributed by atoms with Crippen LogP contribution < -0.4 is 10.2 Å². The highest BCUT2D eigenvalue weighted by Crippen LogP contribution is 2.25. The predicted octanol–water partition coefficient (Wildman–Crippen LogP) is 2.06. The molecule has 0 fully saturated rings. The Hall–Kier alpha value is -1.44. The first-order valence-corrected chi connectivity index (χ1v) is 4.09. The summed E-state index contributed by atoms with van der Waals surface area (Å²) in [5.41, 5.74) is 2.43. The summed E-state index contributed by atoms with van der Waals surface area (Å²) < 4.78 is 0. The van der Waals surface area contributed by atoms with Crippen molar-refractivity contribution in [2.75, 3.05) is 23.8 Å². The van der Waals surface area contributed by atoms with E-state index in [9.17, 15) is 0 Å². The Labute approximate surface area is 72.5 Å². The normalized spacial score (nSPS) is 14.9. The van der Waals surface area contributed by atoms with Gasteiger partial charge >= 0.3 is 0 Å². The Morgan fingerprint density at radius 2 is 2.17 bits per heavy atom. The van der Waals surface area contributed by atoms with Crippen LogP contribution in [0.15, 0.2) is 36.5 Å². The SMILES string of the molecule is CN1CC=CNc2ccccc21. The molecule has 0 aliphatic carbocycles. The molecule has 0 spiro atoms. The zero-order valence-electron chi connectivity index (χ0n) is 7.12. The summed E-state index contributed by atoms with van der Waals surface area (Å²) in [5.74, 6) is 0. The van der Waals surface area contributed by atoms with Gasteiger partial charge in [0.1, 0.15) is 0 Å². The van der Waals surface area contributed by atoms with Crippen molar-refractivity contribution in [2.45, 2.75) is 0 Å². The topological polar surface area (TPSA) is 15.3 Å². The van der Waals surface area contributed by atoms with Gasteiger partial charge < -0.3 is 10.2 Å². The number of likely N-dealkylation sites (N-methyl/N-ethyl adjacent to an activating group) is 1. The molecule has 1 aromatic carbocycles. The molecule has 0 saturated carbocycles. The molecule has 0 radical (unpaired) electrons. The van der Waals surface area contributed by atoms with Crippen molar-refractivity contribution in [3.8, 4) is 0 Å². The molecule has 62 valence electrons. The average Bonchev–Trinajstić information content (AvgIpc) is 2.29. The van der Waals surface area contributed by atoms with Crippen LogP contribution in [0.2, 0.25) is 0 Å². The quantitative estimate of drug-likeness (QED) is 0.625. The molecule has 0 unspecified atom stereocenters. The number of hydrogen-bond donors (Lipinski definition) is 1. The number of para-hydroxylation sites is 2. The zero-order valence-corrected chi connectivity index (χ0v) is 7.12. The predicted molar refractivity (Wildman–Crippen MR) is 52.5 cm³/mol. The minimum Gasteiger partial charge on any atom is -0.369 e. The molecule has 0 amide bonds. The molecule has 0 bridgehead atoms. The summed E-state index contributed by atoms with van der Waals surface area (Å²) in [5, 5.41) is 3.23. The monoisotopic (exact) mass is 160 g/mol. The smallest absolute Gasteiger partial charge is 0.0617 e. The van der Waals surface area contributed by atoms with Gasteiger partial charge in [0.15, 0.2) is 0 Å². The second-order valence-electron chi connectivity index (χ2n) is 2.94. The molecule has 0 aromatic heterocycles. The van der Waals surface area contributed by atoms with Crippen LogP contribution in [0.5, 0.6) is 0 Å². The average molecular weight is 160 g/mol. The van der Waals surface area contributed by atoms with E-state index in [1.54, 1.807) is 0 Å². The molecule has 1 aliphatic heterocycles. The Morgan fingerprint density at radius 1 is 1.33 bits per heavy atom. The second-order valence-corrected chi connectivity index (χ2v) is 2.94. The van der Waals surface area contributed by atoms with E-state index < -0.39 is 0 Å². The number of nitrogens with zero attached hydrogens (tertiary/aromatic N) is 1. The number of anilines is 2.